The predicted molar refractivity (Wildman–Crippen MR) is 125 cm³/mol. The van der Waals surface area contributed by atoms with Crippen LogP contribution in [0.25, 0.3) is 21.8 Å². The molecule has 0 unspecified atom stereocenters. The van der Waals surface area contributed by atoms with E-state index in [-0.39, 0.29) is 25.2 Å². The molecule has 10 heteroatoms. The van der Waals surface area contributed by atoms with Gasteiger partial charge in [-0.15, -0.1) is 11.3 Å². The van der Waals surface area contributed by atoms with Gasteiger partial charge in [-0.25, -0.2) is 9.36 Å². The Labute approximate surface area is 192 Å². The fourth-order valence-electron chi connectivity index (χ4n) is 3.22. The van der Waals surface area contributed by atoms with Crippen LogP contribution in [0, 0.1) is 0 Å². The highest BCUT2D eigenvalue weighted by Crippen LogP contribution is 2.27. The quantitative estimate of drug-likeness (QED) is 0.428. The molecule has 3 heterocycles. The third-order valence-corrected chi connectivity index (χ3v) is 5.72. The van der Waals surface area contributed by atoms with Gasteiger partial charge in [-0.1, -0.05) is 18.2 Å². The summed E-state index contributed by atoms with van der Waals surface area (Å²) in [6, 6.07) is 17.2. The van der Waals surface area contributed by atoms with Gasteiger partial charge in [-0.05, 0) is 35.7 Å². The summed E-state index contributed by atoms with van der Waals surface area (Å²) in [5.74, 6) is 0.214. The number of ether oxygens (including phenoxy) is 1. The molecule has 1 aromatic carbocycles. The Morgan fingerprint density at radius 2 is 1.67 bits per heavy atom. The molecule has 0 atom stereocenters. The van der Waals surface area contributed by atoms with Gasteiger partial charge < -0.3 is 10.1 Å². The lowest BCUT2D eigenvalue weighted by Crippen LogP contribution is -2.36. The van der Waals surface area contributed by atoms with E-state index in [0.717, 1.165) is 9.56 Å². The molecular formula is C23H21N5O4S. The first-order valence-electron chi connectivity index (χ1n) is 10.2. The van der Waals surface area contributed by atoms with E-state index in [2.05, 4.69) is 15.5 Å². The first-order valence-corrected chi connectivity index (χ1v) is 11.0. The van der Waals surface area contributed by atoms with Gasteiger partial charge in [-0.2, -0.15) is 10.2 Å². The SMILES string of the molecule is COc1ccccc1-c1ccc(=O)n(CC(=O)NCCn2nc(-c3cccs3)ccc2=O)n1. The molecule has 1 N–H and O–H groups in total. The minimum absolute atomic E-state index is 0.181. The highest BCUT2D eigenvalue weighted by molar-refractivity contribution is 7.13. The molecule has 0 saturated heterocycles. The van der Waals surface area contributed by atoms with Gasteiger partial charge in [0.1, 0.15) is 18.0 Å². The zero-order chi connectivity index (χ0) is 23.2. The number of amides is 1. The van der Waals surface area contributed by atoms with Crippen molar-refractivity contribution in [3.63, 3.8) is 0 Å². The number of methoxy groups -OCH3 is 1. The van der Waals surface area contributed by atoms with E-state index >= 15 is 0 Å². The van der Waals surface area contributed by atoms with Crippen LogP contribution in [0.4, 0.5) is 0 Å². The summed E-state index contributed by atoms with van der Waals surface area (Å²) in [6.45, 7) is 0.132. The first kappa shape index (κ1) is 22.2. The Kier molecular flexibility index (Phi) is 6.75. The second-order valence-electron chi connectivity index (χ2n) is 7.02. The van der Waals surface area contributed by atoms with Crippen LogP contribution in [0.2, 0.25) is 0 Å². The molecule has 4 aromatic rings. The normalized spacial score (nSPS) is 10.7. The Bertz CT molecular complexity index is 1380. The maximum Gasteiger partial charge on any atom is 0.267 e. The summed E-state index contributed by atoms with van der Waals surface area (Å²) in [5.41, 5.74) is 1.27. The van der Waals surface area contributed by atoms with Crippen LogP contribution < -0.4 is 21.2 Å². The third-order valence-electron chi connectivity index (χ3n) is 4.83. The maximum atomic E-state index is 12.4. The van der Waals surface area contributed by atoms with Crippen LogP contribution >= 0.6 is 11.3 Å². The van der Waals surface area contributed by atoms with E-state index in [1.807, 2.05) is 35.7 Å². The molecule has 0 spiro atoms. The highest BCUT2D eigenvalue weighted by Gasteiger charge is 2.11. The molecule has 33 heavy (non-hydrogen) atoms. The lowest BCUT2D eigenvalue weighted by Gasteiger charge is -2.11. The molecule has 0 bridgehead atoms. The van der Waals surface area contributed by atoms with Crippen molar-refractivity contribution in [1.29, 1.82) is 0 Å². The Morgan fingerprint density at radius 3 is 2.42 bits per heavy atom. The minimum atomic E-state index is -0.399. The van der Waals surface area contributed by atoms with E-state index < -0.39 is 11.5 Å². The molecule has 0 aliphatic heterocycles. The van der Waals surface area contributed by atoms with Crippen molar-refractivity contribution in [2.45, 2.75) is 13.1 Å². The van der Waals surface area contributed by atoms with Crippen LogP contribution in [-0.2, 0) is 17.9 Å². The van der Waals surface area contributed by atoms with Crippen molar-refractivity contribution in [1.82, 2.24) is 24.9 Å². The van der Waals surface area contributed by atoms with E-state index in [1.54, 1.807) is 25.3 Å². The number of carbonyl (C=O) groups is 1. The smallest absolute Gasteiger partial charge is 0.267 e. The number of hydrogen-bond acceptors (Lipinski definition) is 7. The van der Waals surface area contributed by atoms with Crippen LogP contribution in [0.1, 0.15) is 0 Å². The zero-order valence-corrected chi connectivity index (χ0v) is 18.6. The Morgan fingerprint density at radius 1 is 0.939 bits per heavy atom. The largest absolute Gasteiger partial charge is 0.496 e. The number of nitrogens with zero attached hydrogens (tertiary/aromatic N) is 4. The van der Waals surface area contributed by atoms with E-state index in [9.17, 15) is 14.4 Å². The third kappa shape index (κ3) is 5.24. The fourth-order valence-corrected chi connectivity index (χ4v) is 3.91. The van der Waals surface area contributed by atoms with Crippen molar-refractivity contribution < 1.29 is 9.53 Å². The van der Waals surface area contributed by atoms with Gasteiger partial charge in [0.05, 0.1) is 24.2 Å². The number of rotatable bonds is 8. The van der Waals surface area contributed by atoms with Crippen LogP contribution in [0.15, 0.2) is 75.6 Å². The lowest BCUT2D eigenvalue weighted by atomic mass is 10.1. The number of aromatic nitrogens is 4. The predicted octanol–water partition coefficient (Wildman–Crippen LogP) is 2.02. The second kappa shape index (κ2) is 10.0. The fraction of sp³-hybridized carbons (Fsp3) is 0.174. The molecule has 0 aliphatic carbocycles. The minimum Gasteiger partial charge on any atom is -0.496 e. The van der Waals surface area contributed by atoms with Gasteiger partial charge in [0, 0.05) is 24.2 Å². The van der Waals surface area contributed by atoms with Crippen LogP contribution in [0.5, 0.6) is 5.75 Å². The average Bonchev–Trinajstić information content (AvgIpc) is 3.37. The van der Waals surface area contributed by atoms with Crippen molar-refractivity contribution >= 4 is 17.2 Å². The summed E-state index contributed by atoms with van der Waals surface area (Å²) >= 11 is 1.53. The topological polar surface area (TPSA) is 108 Å². The summed E-state index contributed by atoms with van der Waals surface area (Å²) in [6.07, 6.45) is 0. The Hall–Kier alpha value is -4.05. The van der Waals surface area contributed by atoms with Crippen molar-refractivity contribution in [3.05, 3.63) is 86.8 Å². The van der Waals surface area contributed by atoms with Gasteiger partial charge in [0.2, 0.25) is 5.91 Å². The summed E-state index contributed by atoms with van der Waals surface area (Å²) in [4.78, 5) is 37.7. The van der Waals surface area contributed by atoms with E-state index in [1.165, 1.54) is 28.2 Å². The molecule has 1 amide bonds. The van der Waals surface area contributed by atoms with Gasteiger partial charge >= 0.3 is 0 Å². The van der Waals surface area contributed by atoms with Gasteiger partial charge in [-0.3, -0.25) is 14.4 Å². The monoisotopic (exact) mass is 463 g/mol. The summed E-state index contributed by atoms with van der Waals surface area (Å²) in [5, 5.41) is 13.3. The van der Waals surface area contributed by atoms with Gasteiger partial charge in [0.25, 0.3) is 11.1 Å². The number of para-hydroxylation sites is 1. The van der Waals surface area contributed by atoms with Crippen molar-refractivity contribution in [2.24, 2.45) is 0 Å². The zero-order valence-electron chi connectivity index (χ0n) is 17.8. The highest BCUT2D eigenvalue weighted by atomic mass is 32.1. The summed E-state index contributed by atoms with van der Waals surface area (Å²) in [7, 11) is 1.55. The first-order chi connectivity index (χ1) is 16.0. The molecular weight excluding hydrogens is 442 g/mol. The molecule has 0 aliphatic rings. The number of nitrogens with one attached hydrogen (secondary N) is 1. The van der Waals surface area contributed by atoms with Crippen molar-refractivity contribution in [3.8, 4) is 27.6 Å². The number of thiophene rings is 1. The van der Waals surface area contributed by atoms with E-state index in [0.29, 0.717) is 22.7 Å². The van der Waals surface area contributed by atoms with Gasteiger partial charge in [0.15, 0.2) is 0 Å². The molecule has 168 valence electrons. The molecule has 0 radical (unpaired) electrons. The number of benzene rings is 1. The Balaban J connectivity index is 1.41. The number of carbonyl (C=O) groups excluding carboxylic acids is 1. The number of hydrogen-bond donors (Lipinski definition) is 1. The lowest BCUT2D eigenvalue weighted by molar-refractivity contribution is -0.121. The molecule has 0 fully saturated rings. The molecule has 4 rings (SSSR count). The summed E-state index contributed by atoms with van der Waals surface area (Å²) < 4.78 is 7.75. The molecule has 9 nitrogen and oxygen atoms in total. The molecule has 0 saturated carbocycles. The standard InChI is InChI=1S/C23H21N5O4S/c1-32-19-6-3-2-5-16(19)17-8-10-23(31)28(25-17)15-21(29)24-12-13-27-22(30)11-9-18(26-27)20-7-4-14-33-20/h2-11,14H,12-13,15H2,1H3,(H,24,29). The van der Waals surface area contributed by atoms with Crippen LogP contribution in [-0.4, -0.2) is 39.1 Å². The molecule has 3 aromatic heterocycles. The second-order valence-corrected chi connectivity index (χ2v) is 7.97. The van der Waals surface area contributed by atoms with E-state index in [4.69, 9.17) is 4.74 Å². The average molecular weight is 464 g/mol. The maximum absolute atomic E-state index is 12.4. The van der Waals surface area contributed by atoms with Crippen molar-refractivity contribution in [2.75, 3.05) is 13.7 Å². The van der Waals surface area contributed by atoms with Crippen LogP contribution in [0.3, 0.4) is 0 Å².